The molecule has 0 aliphatic carbocycles. The standard InChI is InChI=1S/C42H21N7/c43-22-28-13-29(23-44)17-37(16-28)34-1-7-40(8-2-34)49(41-9-3-35(4-10-41)38-18-30(24-45)14-31(19-38)25-46)42-11-5-36(6-12-42)39-20-32(26-47)15-33(21-39)27-48/h1-21H. The summed E-state index contributed by atoms with van der Waals surface area (Å²) in [5.41, 5.74) is 9.79. The van der Waals surface area contributed by atoms with Gasteiger partial charge < -0.3 is 4.90 Å². The molecule has 224 valence electrons. The van der Waals surface area contributed by atoms with Crippen molar-refractivity contribution in [3.63, 3.8) is 0 Å². The molecule has 0 aliphatic heterocycles. The van der Waals surface area contributed by atoms with E-state index in [1.807, 2.05) is 72.8 Å². The van der Waals surface area contributed by atoms with Crippen LogP contribution in [0, 0.1) is 68.0 Å². The summed E-state index contributed by atoms with van der Waals surface area (Å²) >= 11 is 0. The fourth-order valence-electron chi connectivity index (χ4n) is 5.63. The van der Waals surface area contributed by atoms with Crippen molar-refractivity contribution < 1.29 is 0 Å². The minimum atomic E-state index is 0.407. The molecule has 0 bridgehead atoms. The molecule has 6 aromatic carbocycles. The van der Waals surface area contributed by atoms with E-state index < -0.39 is 0 Å². The van der Waals surface area contributed by atoms with Crippen molar-refractivity contribution in [1.29, 1.82) is 31.6 Å². The summed E-state index contributed by atoms with van der Waals surface area (Å²) < 4.78 is 0. The van der Waals surface area contributed by atoms with Gasteiger partial charge in [0.05, 0.1) is 69.8 Å². The summed E-state index contributed by atoms with van der Waals surface area (Å²) in [5, 5.41) is 56.8. The van der Waals surface area contributed by atoms with Crippen LogP contribution in [-0.2, 0) is 0 Å². The van der Waals surface area contributed by atoms with Crippen LogP contribution in [0.4, 0.5) is 17.1 Å². The topological polar surface area (TPSA) is 146 Å². The predicted molar refractivity (Wildman–Crippen MR) is 186 cm³/mol. The predicted octanol–water partition coefficient (Wildman–Crippen LogP) is 9.39. The van der Waals surface area contributed by atoms with Crippen LogP contribution < -0.4 is 4.90 Å². The van der Waals surface area contributed by atoms with Gasteiger partial charge in [-0.2, -0.15) is 31.6 Å². The number of rotatable bonds is 6. The zero-order valence-electron chi connectivity index (χ0n) is 25.8. The first-order chi connectivity index (χ1) is 23.9. The zero-order valence-corrected chi connectivity index (χ0v) is 25.8. The monoisotopic (exact) mass is 623 g/mol. The molecule has 6 aromatic rings. The summed E-state index contributed by atoms with van der Waals surface area (Å²) in [7, 11) is 0. The van der Waals surface area contributed by atoms with Crippen molar-refractivity contribution in [2.75, 3.05) is 4.90 Å². The average molecular weight is 624 g/mol. The Morgan fingerprint density at radius 2 is 0.469 bits per heavy atom. The SMILES string of the molecule is N#Cc1cc(C#N)cc(-c2ccc(N(c3ccc(-c4cc(C#N)cc(C#N)c4)cc3)c3ccc(-c4cc(C#N)cc(C#N)c4)cc3)cc2)c1. The van der Waals surface area contributed by atoms with Gasteiger partial charge in [-0.1, -0.05) is 36.4 Å². The van der Waals surface area contributed by atoms with Crippen LogP contribution >= 0.6 is 0 Å². The fourth-order valence-corrected chi connectivity index (χ4v) is 5.63. The Balaban J connectivity index is 1.42. The molecule has 0 aliphatic rings. The van der Waals surface area contributed by atoms with Gasteiger partial charge in [0.1, 0.15) is 0 Å². The maximum atomic E-state index is 9.46. The molecule has 0 unspecified atom stereocenters. The maximum Gasteiger partial charge on any atom is 0.0992 e. The Labute approximate surface area is 283 Å². The van der Waals surface area contributed by atoms with E-state index in [4.69, 9.17) is 0 Å². The Kier molecular flexibility index (Phi) is 8.61. The van der Waals surface area contributed by atoms with Crippen LogP contribution in [0.25, 0.3) is 33.4 Å². The molecular formula is C42H21N7. The molecule has 0 N–H and O–H groups in total. The number of nitriles is 6. The summed E-state index contributed by atoms with van der Waals surface area (Å²) in [5.74, 6) is 0. The molecule has 0 spiro atoms. The van der Waals surface area contributed by atoms with Crippen LogP contribution in [0.3, 0.4) is 0 Å². The van der Waals surface area contributed by atoms with Crippen molar-refractivity contribution in [3.8, 4) is 69.8 Å². The van der Waals surface area contributed by atoms with Gasteiger partial charge in [0.2, 0.25) is 0 Å². The number of anilines is 3. The lowest BCUT2D eigenvalue weighted by Gasteiger charge is -2.26. The first kappa shape index (κ1) is 31.1. The normalized spacial score (nSPS) is 9.92. The Morgan fingerprint density at radius 3 is 0.653 bits per heavy atom. The maximum absolute atomic E-state index is 9.46. The van der Waals surface area contributed by atoms with Crippen LogP contribution in [0.2, 0.25) is 0 Å². The van der Waals surface area contributed by atoms with Gasteiger partial charge in [-0.15, -0.1) is 0 Å². The molecule has 0 amide bonds. The lowest BCUT2D eigenvalue weighted by atomic mass is 9.98. The highest BCUT2D eigenvalue weighted by atomic mass is 15.1. The second-order valence-corrected chi connectivity index (χ2v) is 11.0. The molecule has 0 heterocycles. The summed E-state index contributed by atoms with van der Waals surface area (Å²) in [6.45, 7) is 0. The fraction of sp³-hybridized carbons (Fsp3) is 0. The van der Waals surface area contributed by atoms with Crippen LogP contribution in [0.5, 0.6) is 0 Å². The molecule has 0 saturated heterocycles. The third kappa shape index (κ3) is 6.56. The average Bonchev–Trinajstić information content (AvgIpc) is 3.18. The van der Waals surface area contributed by atoms with E-state index in [1.165, 1.54) is 0 Å². The largest absolute Gasteiger partial charge is 0.311 e. The molecular weight excluding hydrogens is 603 g/mol. The number of nitrogens with zero attached hydrogens (tertiary/aromatic N) is 7. The zero-order chi connectivity index (χ0) is 34.3. The van der Waals surface area contributed by atoms with Gasteiger partial charge in [-0.3, -0.25) is 0 Å². The highest BCUT2D eigenvalue weighted by molar-refractivity contribution is 5.82. The number of hydrogen-bond donors (Lipinski definition) is 0. The summed E-state index contributed by atoms with van der Waals surface area (Å²) in [4.78, 5) is 2.07. The lowest BCUT2D eigenvalue weighted by molar-refractivity contribution is 1.28. The van der Waals surface area contributed by atoms with Crippen molar-refractivity contribution in [1.82, 2.24) is 0 Å². The van der Waals surface area contributed by atoms with Crippen LogP contribution in [0.1, 0.15) is 33.4 Å². The first-order valence-corrected chi connectivity index (χ1v) is 14.9. The van der Waals surface area contributed by atoms with E-state index in [-0.39, 0.29) is 0 Å². The first-order valence-electron chi connectivity index (χ1n) is 14.9. The quantitative estimate of drug-likeness (QED) is 0.180. The molecule has 0 saturated carbocycles. The molecule has 0 radical (unpaired) electrons. The summed E-state index contributed by atoms with van der Waals surface area (Å²) in [6.07, 6.45) is 0. The third-order valence-electron chi connectivity index (χ3n) is 7.95. The minimum absolute atomic E-state index is 0.407. The molecule has 0 aromatic heterocycles. The molecule has 7 heteroatoms. The molecule has 6 rings (SSSR count). The minimum Gasteiger partial charge on any atom is -0.311 e. The number of hydrogen-bond acceptors (Lipinski definition) is 7. The Bertz CT molecular complexity index is 2110. The van der Waals surface area contributed by atoms with Gasteiger partial charge in [0.15, 0.2) is 0 Å². The van der Waals surface area contributed by atoms with Gasteiger partial charge in [-0.05, 0) is 124 Å². The molecule has 49 heavy (non-hydrogen) atoms. The van der Waals surface area contributed by atoms with E-state index in [2.05, 4.69) is 41.3 Å². The smallest absolute Gasteiger partial charge is 0.0992 e. The van der Waals surface area contributed by atoms with Gasteiger partial charge in [0.25, 0.3) is 0 Å². The summed E-state index contributed by atoms with van der Waals surface area (Å²) in [6, 6.07) is 51.3. The second kappa shape index (κ2) is 13.6. The van der Waals surface area contributed by atoms with Crippen LogP contribution in [-0.4, -0.2) is 0 Å². The highest BCUT2D eigenvalue weighted by Crippen LogP contribution is 2.38. The van der Waals surface area contributed by atoms with Gasteiger partial charge in [-0.25, -0.2) is 0 Å². The lowest BCUT2D eigenvalue weighted by Crippen LogP contribution is -2.09. The van der Waals surface area contributed by atoms with Gasteiger partial charge >= 0.3 is 0 Å². The molecule has 7 nitrogen and oxygen atoms in total. The van der Waals surface area contributed by atoms with Gasteiger partial charge in [0, 0.05) is 17.1 Å². The third-order valence-corrected chi connectivity index (χ3v) is 7.95. The van der Waals surface area contributed by atoms with E-state index >= 15 is 0 Å². The van der Waals surface area contributed by atoms with Crippen molar-refractivity contribution in [3.05, 3.63) is 161 Å². The van der Waals surface area contributed by atoms with E-state index in [1.54, 1.807) is 54.6 Å². The second-order valence-electron chi connectivity index (χ2n) is 11.0. The molecule has 0 fully saturated rings. The van der Waals surface area contributed by atoms with Crippen molar-refractivity contribution in [2.45, 2.75) is 0 Å². The van der Waals surface area contributed by atoms with Crippen molar-refractivity contribution in [2.24, 2.45) is 0 Å². The van der Waals surface area contributed by atoms with E-state index in [0.717, 1.165) is 50.4 Å². The Morgan fingerprint density at radius 1 is 0.265 bits per heavy atom. The highest BCUT2D eigenvalue weighted by Gasteiger charge is 2.15. The molecule has 0 atom stereocenters. The van der Waals surface area contributed by atoms with Crippen LogP contribution in [0.15, 0.2) is 127 Å². The van der Waals surface area contributed by atoms with E-state index in [9.17, 15) is 31.6 Å². The Hall–Kier alpha value is -7.94. The number of benzene rings is 6. The van der Waals surface area contributed by atoms with E-state index in [0.29, 0.717) is 33.4 Å². The van der Waals surface area contributed by atoms with Crippen molar-refractivity contribution >= 4 is 17.1 Å².